The number of nitrogens with two attached hydrogens (primary N) is 1. The zero-order valence-corrected chi connectivity index (χ0v) is 12.8. The van der Waals surface area contributed by atoms with Crippen LogP contribution in [0, 0.1) is 0 Å². The molecule has 0 radical (unpaired) electrons. The molecule has 1 atom stereocenters. The van der Waals surface area contributed by atoms with Gasteiger partial charge in [-0.05, 0) is 20.3 Å². The van der Waals surface area contributed by atoms with Crippen molar-refractivity contribution in [1.82, 2.24) is 9.80 Å². The normalized spacial score (nSPS) is 19.7. The molecule has 0 aliphatic carbocycles. The van der Waals surface area contributed by atoms with Crippen LogP contribution in [0.2, 0.25) is 0 Å². The van der Waals surface area contributed by atoms with Gasteiger partial charge in [-0.1, -0.05) is 0 Å². The van der Waals surface area contributed by atoms with Crippen LogP contribution in [-0.4, -0.2) is 74.4 Å². The summed E-state index contributed by atoms with van der Waals surface area (Å²) in [7, 11) is -3.06. The van der Waals surface area contributed by atoms with E-state index in [-0.39, 0.29) is 18.1 Å². The van der Waals surface area contributed by atoms with Crippen molar-refractivity contribution in [3.05, 3.63) is 0 Å². The minimum absolute atomic E-state index is 0.0358. The van der Waals surface area contributed by atoms with Gasteiger partial charge in [-0.25, -0.2) is 8.42 Å². The highest BCUT2D eigenvalue weighted by Gasteiger charge is 2.26. The van der Waals surface area contributed by atoms with Crippen LogP contribution in [-0.2, 0) is 14.6 Å². The minimum atomic E-state index is -3.06. The predicted molar refractivity (Wildman–Crippen MR) is 75.6 cm³/mol. The van der Waals surface area contributed by atoms with Crippen LogP contribution in [0.25, 0.3) is 0 Å². The Morgan fingerprint density at radius 1 is 1.21 bits per heavy atom. The fraction of sp³-hybridized carbons (Fsp3) is 0.917. The van der Waals surface area contributed by atoms with E-state index in [0.29, 0.717) is 19.1 Å². The molecule has 0 spiro atoms. The molecule has 0 bridgehead atoms. The van der Waals surface area contributed by atoms with Crippen molar-refractivity contribution in [3.63, 3.8) is 0 Å². The van der Waals surface area contributed by atoms with Gasteiger partial charge in [0.2, 0.25) is 5.91 Å². The van der Waals surface area contributed by atoms with Gasteiger partial charge in [0.1, 0.15) is 9.84 Å². The average molecular weight is 291 g/mol. The maximum absolute atomic E-state index is 12.1. The number of carbonyl (C=O) groups excluding carboxylic acids is 1. The highest BCUT2D eigenvalue weighted by atomic mass is 32.2. The second kappa shape index (κ2) is 6.67. The lowest BCUT2D eigenvalue weighted by atomic mass is 10.2. The molecule has 1 amide bonds. The molecule has 1 heterocycles. The van der Waals surface area contributed by atoms with Gasteiger partial charge >= 0.3 is 0 Å². The molecule has 1 saturated heterocycles. The Morgan fingerprint density at radius 3 is 2.16 bits per heavy atom. The van der Waals surface area contributed by atoms with E-state index in [2.05, 4.69) is 18.7 Å². The molecule has 1 aliphatic rings. The van der Waals surface area contributed by atoms with Gasteiger partial charge < -0.3 is 10.6 Å². The summed E-state index contributed by atoms with van der Waals surface area (Å²) >= 11 is 0. The van der Waals surface area contributed by atoms with E-state index in [1.54, 1.807) is 4.90 Å². The third-order valence-electron chi connectivity index (χ3n) is 3.47. The van der Waals surface area contributed by atoms with E-state index >= 15 is 0 Å². The lowest BCUT2D eigenvalue weighted by Gasteiger charge is -2.37. The van der Waals surface area contributed by atoms with E-state index in [9.17, 15) is 13.2 Å². The lowest BCUT2D eigenvalue weighted by molar-refractivity contribution is -0.134. The van der Waals surface area contributed by atoms with Gasteiger partial charge in [0.05, 0.1) is 11.8 Å². The smallest absolute Gasteiger partial charge is 0.239 e. The van der Waals surface area contributed by atoms with Crippen molar-refractivity contribution < 1.29 is 13.2 Å². The summed E-state index contributed by atoms with van der Waals surface area (Å²) in [5.41, 5.74) is 5.78. The number of amides is 1. The minimum Gasteiger partial charge on any atom is -0.339 e. The number of sulfone groups is 1. The van der Waals surface area contributed by atoms with Crippen LogP contribution in [0.4, 0.5) is 0 Å². The number of hydrogen-bond donors (Lipinski definition) is 1. The topological polar surface area (TPSA) is 83.7 Å². The Balaban J connectivity index is 2.42. The van der Waals surface area contributed by atoms with Crippen LogP contribution < -0.4 is 5.73 Å². The molecule has 6 nitrogen and oxygen atoms in total. The molecule has 0 aromatic carbocycles. The first kappa shape index (κ1) is 16.4. The maximum atomic E-state index is 12.1. The highest BCUT2D eigenvalue weighted by Crippen LogP contribution is 2.08. The largest absolute Gasteiger partial charge is 0.339 e. The SMILES string of the molecule is CC(C)N1CCN(C(=O)C(N)CCS(C)(=O)=O)CC1. The maximum Gasteiger partial charge on any atom is 0.239 e. The zero-order chi connectivity index (χ0) is 14.6. The summed E-state index contributed by atoms with van der Waals surface area (Å²) in [4.78, 5) is 16.1. The molecule has 0 saturated carbocycles. The molecule has 1 fully saturated rings. The standard InChI is InChI=1S/C12H25N3O3S/c1-10(2)14-5-7-15(8-6-14)12(16)11(13)4-9-19(3,17)18/h10-11H,4-9,13H2,1-3H3. The quantitative estimate of drug-likeness (QED) is 0.724. The Hall–Kier alpha value is -0.660. The number of rotatable bonds is 5. The van der Waals surface area contributed by atoms with E-state index in [1.165, 1.54) is 0 Å². The Kier molecular flexibility index (Phi) is 5.76. The lowest BCUT2D eigenvalue weighted by Crippen LogP contribution is -2.54. The molecule has 1 rings (SSSR count). The molecule has 1 unspecified atom stereocenters. The molecule has 19 heavy (non-hydrogen) atoms. The van der Waals surface area contributed by atoms with Gasteiger partial charge in [-0.2, -0.15) is 0 Å². The Labute approximate surface area is 115 Å². The van der Waals surface area contributed by atoms with Gasteiger partial charge in [0.15, 0.2) is 0 Å². The predicted octanol–water partition coefficient (Wildman–Crippen LogP) is -0.699. The number of carbonyl (C=O) groups is 1. The van der Waals surface area contributed by atoms with E-state index in [1.807, 2.05) is 0 Å². The van der Waals surface area contributed by atoms with Crippen molar-refractivity contribution >= 4 is 15.7 Å². The average Bonchev–Trinajstić information content (AvgIpc) is 2.34. The first-order valence-electron chi connectivity index (χ1n) is 6.67. The Bertz CT molecular complexity index is 400. The summed E-state index contributed by atoms with van der Waals surface area (Å²) in [5.74, 6) is -0.168. The summed E-state index contributed by atoms with van der Waals surface area (Å²) in [6.45, 7) is 7.31. The van der Waals surface area contributed by atoms with Crippen LogP contribution in [0.3, 0.4) is 0 Å². The van der Waals surface area contributed by atoms with Crippen LogP contribution in [0.1, 0.15) is 20.3 Å². The molecule has 0 aromatic heterocycles. The first-order chi connectivity index (χ1) is 8.70. The summed E-state index contributed by atoms with van der Waals surface area (Å²) in [6.07, 6.45) is 1.35. The molecule has 0 aromatic rings. The van der Waals surface area contributed by atoms with Crippen molar-refractivity contribution in [3.8, 4) is 0 Å². The van der Waals surface area contributed by atoms with Gasteiger partial charge in [-0.15, -0.1) is 0 Å². The van der Waals surface area contributed by atoms with Gasteiger partial charge in [-0.3, -0.25) is 9.69 Å². The molecule has 1 aliphatic heterocycles. The van der Waals surface area contributed by atoms with E-state index in [0.717, 1.165) is 19.3 Å². The monoisotopic (exact) mass is 291 g/mol. The third-order valence-corrected chi connectivity index (χ3v) is 4.45. The number of piperazine rings is 1. The zero-order valence-electron chi connectivity index (χ0n) is 12.0. The van der Waals surface area contributed by atoms with Crippen molar-refractivity contribution in [2.45, 2.75) is 32.4 Å². The van der Waals surface area contributed by atoms with Crippen molar-refractivity contribution in [2.24, 2.45) is 5.73 Å². The number of hydrogen-bond acceptors (Lipinski definition) is 5. The van der Waals surface area contributed by atoms with Crippen LogP contribution >= 0.6 is 0 Å². The van der Waals surface area contributed by atoms with Crippen molar-refractivity contribution in [1.29, 1.82) is 0 Å². The molecule has 7 heteroatoms. The molecular formula is C12H25N3O3S. The third kappa shape index (κ3) is 5.46. The molecule has 112 valence electrons. The fourth-order valence-corrected chi connectivity index (χ4v) is 2.84. The molecule has 2 N–H and O–H groups in total. The van der Waals surface area contributed by atoms with Crippen LogP contribution in [0.5, 0.6) is 0 Å². The summed E-state index contributed by atoms with van der Waals surface area (Å²) < 4.78 is 22.1. The summed E-state index contributed by atoms with van der Waals surface area (Å²) in [5, 5.41) is 0. The highest BCUT2D eigenvalue weighted by molar-refractivity contribution is 7.90. The van der Waals surface area contributed by atoms with Crippen LogP contribution in [0.15, 0.2) is 0 Å². The Morgan fingerprint density at radius 2 is 1.74 bits per heavy atom. The second-order valence-electron chi connectivity index (χ2n) is 5.48. The van der Waals surface area contributed by atoms with Gasteiger partial charge in [0, 0.05) is 38.5 Å². The number of nitrogens with zero attached hydrogens (tertiary/aromatic N) is 2. The fourth-order valence-electron chi connectivity index (χ4n) is 2.16. The second-order valence-corrected chi connectivity index (χ2v) is 7.74. The van der Waals surface area contributed by atoms with E-state index < -0.39 is 15.9 Å². The van der Waals surface area contributed by atoms with E-state index in [4.69, 9.17) is 5.73 Å². The summed E-state index contributed by atoms with van der Waals surface area (Å²) in [6, 6.07) is -0.225. The first-order valence-corrected chi connectivity index (χ1v) is 8.73. The van der Waals surface area contributed by atoms with Gasteiger partial charge in [0.25, 0.3) is 0 Å². The van der Waals surface area contributed by atoms with Crippen molar-refractivity contribution in [2.75, 3.05) is 38.2 Å². The molecular weight excluding hydrogens is 266 g/mol.